The van der Waals surface area contributed by atoms with E-state index in [1.165, 1.54) is 0 Å². The summed E-state index contributed by atoms with van der Waals surface area (Å²) >= 11 is 0. The number of hydrogen-bond acceptors (Lipinski definition) is 4. The van der Waals surface area contributed by atoms with Crippen LogP contribution >= 0.6 is 0 Å². The molecule has 3 rings (SSSR count). The van der Waals surface area contributed by atoms with Crippen LogP contribution in [0.5, 0.6) is 0 Å². The molecule has 12 heteroatoms. The van der Waals surface area contributed by atoms with Crippen molar-refractivity contribution < 1.29 is 36.2 Å². The van der Waals surface area contributed by atoms with Gasteiger partial charge in [0, 0.05) is 30.7 Å². The molecular formula is C14H14F6N4O2. The number of aliphatic hydroxyl groups is 1. The molecule has 0 bridgehead atoms. The van der Waals surface area contributed by atoms with Crippen LogP contribution in [0.1, 0.15) is 43.0 Å². The second-order valence-electron chi connectivity index (χ2n) is 6.22. The SMILES string of the molecule is O=C(CCn1nc(C(F)(F)F)cc1C1CC1)N1N=CC[C@]1(O)C(F)(F)F. The Morgan fingerprint density at radius 3 is 2.46 bits per heavy atom. The lowest BCUT2D eigenvalue weighted by molar-refractivity contribution is -0.302. The number of alkyl halides is 6. The highest BCUT2D eigenvalue weighted by molar-refractivity contribution is 5.80. The Kier molecular flexibility index (Phi) is 4.28. The van der Waals surface area contributed by atoms with Crippen molar-refractivity contribution in [3.8, 4) is 0 Å². The van der Waals surface area contributed by atoms with Crippen molar-refractivity contribution in [2.75, 3.05) is 0 Å². The van der Waals surface area contributed by atoms with Crippen LogP contribution in [0.4, 0.5) is 26.3 Å². The fraction of sp³-hybridized carbons (Fsp3) is 0.643. The van der Waals surface area contributed by atoms with Gasteiger partial charge in [-0.25, -0.2) is 0 Å². The van der Waals surface area contributed by atoms with Crippen LogP contribution in [0.3, 0.4) is 0 Å². The lowest BCUT2D eigenvalue weighted by Crippen LogP contribution is -2.56. The number of hydrazone groups is 1. The molecule has 1 fully saturated rings. The molecule has 2 heterocycles. The summed E-state index contributed by atoms with van der Waals surface area (Å²) in [6, 6.07) is 0.891. The number of nitrogens with zero attached hydrogens (tertiary/aromatic N) is 4. The number of rotatable bonds is 4. The molecule has 1 aliphatic heterocycles. The van der Waals surface area contributed by atoms with E-state index in [1.54, 1.807) is 0 Å². The molecule has 1 N–H and O–H groups in total. The molecule has 0 spiro atoms. The fourth-order valence-corrected chi connectivity index (χ4v) is 2.70. The Labute approximate surface area is 143 Å². The van der Waals surface area contributed by atoms with Gasteiger partial charge in [0.25, 0.3) is 5.72 Å². The van der Waals surface area contributed by atoms with Gasteiger partial charge in [0.05, 0.1) is 6.54 Å². The summed E-state index contributed by atoms with van der Waals surface area (Å²) in [5.41, 5.74) is -4.26. The van der Waals surface area contributed by atoms with Crippen LogP contribution in [0.2, 0.25) is 0 Å². The summed E-state index contributed by atoms with van der Waals surface area (Å²) in [6.07, 6.45) is -9.15. The highest BCUT2D eigenvalue weighted by atomic mass is 19.4. The summed E-state index contributed by atoms with van der Waals surface area (Å²) in [5.74, 6) is -1.27. The van der Waals surface area contributed by atoms with Gasteiger partial charge < -0.3 is 5.11 Å². The lowest BCUT2D eigenvalue weighted by Gasteiger charge is -2.32. The molecule has 26 heavy (non-hydrogen) atoms. The Morgan fingerprint density at radius 1 is 1.27 bits per heavy atom. The first-order valence-corrected chi connectivity index (χ1v) is 7.73. The topological polar surface area (TPSA) is 70.7 Å². The average Bonchev–Trinajstić information content (AvgIpc) is 3.12. The smallest absolute Gasteiger partial charge is 0.362 e. The summed E-state index contributed by atoms with van der Waals surface area (Å²) in [6.45, 7) is -0.347. The monoisotopic (exact) mass is 384 g/mol. The van der Waals surface area contributed by atoms with Crippen molar-refractivity contribution in [1.29, 1.82) is 0 Å². The van der Waals surface area contributed by atoms with Crippen LogP contribution in [0.15, 0.2) is 11.2 Å². The molecule has 1 amide bonds. The van der Waals surface area contributed by atoms with Gasteiger partial charge in [-0.15, -0.1) is 0 Å². The minimum Gasteiger partial charge on any atom is -0.362 e. The van der Waals surface area contributed by atoms with Crippen molar-refractivity contribution in [3.05, 3.63) is 17.5 Å². The predicted molar refractivity (Wildman–Crippen MR) is 74.8 cm³/mol. The van der Waals surface area contributed by atoms with Crippen LogP contribution in [-0.2, 0) is 17.5 Å². The Morgan fingerprint density at radius 2 is 1.92 bits per heavy atom. The molecule has 0 aromatic carbocycles. The van der Waals surface area contributed by atoms with E-state index in [-0.39, 0.29) is 17.5 Å². The highest BCUT2D eigenvalue weighted by Crippen LogP contribution is 2.42. The van der Waals surface area contributed by atoms with E-state index in [2.05, 4.69) is 10.2 Å². The standard InChI is InChI=1S/C14H14F6N4O2/c15-13(16,17)10-7-9(8-1-2-8)23(22-10)6-3-11(25)24-12(26,4-5-21-24)14(18,19)20/h5,7-8,26H,1-4,6H2/t12-/m0/s1. The third kappa shape index (κ3) is 3.29. The number of amides is 1. The molecule has 6 nitrogen and oxygen atoms in total. The number of carbonyl (C=O) groups is 1. The van der Waals surface area contributed by atoms with Gasteiger partial charge in [0.2, 0.25) is 5.91 Å². The summed E-state index contributed by atoms with van der Waals surface area (Å²) < 4.78 is 78.3. The van der Waals surface area contributed by atoms with E-state index in [4.69, 9.17) is 0 Å². The van der Waals surface area contributed by atoms with Crippen LogP contribution in [-0.4, -0.2) is 43.9 Å². The highest BCUT2D eigenvalue weighted by Gasteiger charge is 2.61. The van der Waals surface area contributed by atoms with E-state index in [0.717, 1.165) is 17.0 Å². The zero-order valence-electron chi connectivity index (χ0n) is 13.2. The largest absolute Gasteiger partial charge is 0.438 e. The first kappa shape index (κ1) is 18.7. The normalized spacial score (nSPS) is 23.7. The van der Waals surface area contributed by atoms with Crippen molar-refractivity contribution in [2.45, 2.75) is 56.2 Å². The summed E-state index contributed by atoms with van der Waals surface area (Å²) in [4.78, 5) is 12.1. The second kappa shape index (κ2) is 5.96. The molecule has 1 atom stereocenters. The van der Waals surface area contributed by atoms with Crippen LogP contribution in [0.25, 0.3) is 0 Å². The van der Waals surface area contributed by atoms with Crippen molar-refractivity contribution in [2.24, 2.45) is 5.10 Å². The first-order valence-electron chi connectivity index (χ1n) is 7.73. The molecule has 2 aliphatic rings. The van der Waals surface area contributed by atoms with Crippen molar-refractivity contribution in [3.63, 3.8) is 0 Å². The molecule has 144 valence electrons. The second-order valence-corrected chi connectivity index (χ2v) is 6.22. The molecule has 1 aliphatic carbocycles. The maximum absolute atomic E-state index is 13.0. The fourth-order valence-electron chi connectivity index (χ4n) is 2.70. The van der Waals surface area contributed by atoms with Crippen molar-refractivity contribution in [1.82, 2.24) is 14.8 Å². The number of aromatic nitrogens is 2. The van der Waals surface area contributed by atoms with E-state index in [1.807, 2.05) is 0 Å². The Bertz CT molecular complexity index is 737. The minimum atomic E-state index is -5.12. The van der Waals surface area contributed by atoms with Gasteiger partial charge in [0.15, 0.2) is 5.69 Å². The Balaban J connectivity index is 1.74. The zero-order chi connectivity index (χ0) is 19.3. The quantitative estimate of drug-likeness (QED) is 0.812. The number of aryl methyl sites for hydroxylation is 1. The van der Waals surface area contributed by atoms with E-state index in [9.17, 15) is 36.2 Å². The average molecular weight is 384 g/mol. The van der Waals surface area contributed by atoms with E-state index >= 15 is 0 Å². The van der Waals surface area contributed by atoms with Gasteiger partial charge >= 0.3 is 12.4 Å². The maximum atomic E-state index is 13.0. The summed E-state index contributed by atoms with van der Waals surface area (Å²) in [5, 5.41) is 16.3. The zero-order valence-corrected chi connectivity index (χ0v) is 13.2. The molecule has 0 unspecified atom stereocenters. The molecular weight excluding hydrogens is 370 g/mol. The molecule has 1 aromatic heterocycles. The summed E-state index contributed by atoms with van der Waals surface area (Å²) in [7, 11) is 0. The van der Waals surface area contributed by atoms with Gasteiger partial charge in [-0.2, -0.15) is 41.6 Å². The van der Waals surface area contributed by atoms with E-state index in [0.29, 0.717) is 18.5 Å². The molecule has 1 saturated carbocycles. The number of hydrogen-bond donors (Lipinski definition) is 1. The number of carbonyl (C=O) groups excluding carboxylic acids is 1. The van der Waals surface area contributed by atoms with Gasteiger partial charge in [-0.05, 0) is 18.9 Å². The predicted octanol–water partition coefficient (Wildman–Crippen LogP) is 2.64. The first-order chi connectivity index (χ1) is 11.9. The third-order valence-corrected chi connectivity index (χ3v) is 4.25. The minimum absolute atomic E-state index is 0.0715. The third-order valence-electron chi connectivity index (χ3n) is 4.25. The van der Waals surface area contributed by atoms with Gasteiger partial charge in [-0.3, -0.25) is 9.48 Å². The maximum Gasteiger partial charge on any atom is 0.438 e. The van der Waals surface area contributed by atoms with Crippen LogP contribution in [0, 0.1) is 0 Å². The molecule has 0 radical (unpaired) electrons. The van der Waals surface area contributed by atoms with Gasteiger partial charge in [0.1, 0.15) is 0 Å². The van der Waals surface area contributed by atoms with Gasteiger partial charge in [-0.1, -0.05) is 0 Å². The number of halogens is 6. The molecule has 0 saturated heterocycles. The van der Waals surface area contributed by atoms with Crippen molar-refractivity contribution >= 4 is 12.1 Å². The molecule has 1 aromatic rings. The lowest BCUT2D eigenvalue weighted by atomic mass is 10.1. The van der Waals surface area contributed by atoms with E-state index < -0.39 is 42.5 Å². The Hall–Kier alpha value is -2.11. The van der Waals surface area contributed by atoms with Crippen LogP contribution < -0.4 is 0 Å².